The summed E-state index contributed by atoms with van der Waals surface area (Å²) in [5, 5.41) is 0.471. The zero-order chi connectivity index (χ0) is 19.7. The summed E-state index contributed by atoms with van der Waals surface area (Å²) in [6.07, 6.45) is 2.34. The fourth-order valence-electron chi connectivity index (χ4n) is 3.68. The zero-order valence-corrected chi connectivity index (χ0v) is 16.5. The standard InChI is InChI=1S/C23H25NO4/c1-15-12-21(26-3)23-19(25)14-20(28-22(23)13-15)16-4-6-17(7-5-16)27-18-8-10-24(2)11-9-18/h4-7,12-14,18H,8-11H2,1-3H3. The molecule has 4 rings (SSSR count). The Balaban J connectivity index is 1.60. The Morgan fingerprint density at radius 1 is 1.07 bits per heavy atom. The molecule has 2 heterocycles. The number of nitrogens with zero attached hydrogens (tertiary/aromatic N) is 1. The maximum atomic E-state index is 12.7. The first-order valence-electron chi connectivity index (χ1n) is 9.61. The lowest BCUT2D eigenvalue weighted by atomic mass is 10.1. The van der Waals surface area contributed by atoms with Gasteiger partial charge in [0.2, 0.25) is 0 Å². The molecule has 1 fully saturated rings. The van der Waals surface area contributed by atoms with Crippen LogP contribution in [0.3, 0.4) is 0 Å². The molecule has 0 radical (unpaired) electrons. The molecule has 0 bridgehead atoms. The third-order valence-corrected chi connectivity index (χ3v) is 5.27. The van der Waals surface area contributed by atoms with Gasteiger partial charge in [0.25, 0.3) is 0 Å². The highest BCUT2D eigenvalue weighted by atomic mass is 16.5. The van der Waals surface area contributed by atoms with Crippen molar-refractivity contribution < 1.29 is 13.9 Å². The van der Waals surface area contributed by atoms with Crippen LogP contribution < -0.4 is 14.9 Å². The van der Waals surface area contributed by atoms with Gasteiger partial charge >= 0.3 is 0 Å². The van der Waals surface area contributed by atoms with E-state index in [1.54, 1.807) is 7.11 Å². The molecule has 0 aliphatic carbocycles. The van der Waals surface area contributed by atoms with Crippen LogP contribution in [0.25, 0.3) is 22.3 Å². The van der Waals surface area contributed by atoms with Crippen molar-refractivity contribution in [1.29, 1.82) is 0 Å². The predicted octanol–water partition coefficient (Wildman–Crippen LogP) is 4.25. The van der Waals surface area contributed by atoms with Crippen molar-refractivity contribution in [3.8, 4) is 22.8 Å². The summed E-state index contributed by atoms with van der Waals surface area (Å²) in [4.78, 5) is 15.0. The van der Waals surface area contributed by atoms with Gasteiger partial charge in [0.1, 0.15) is 34.3 Å². The summed E-state index contributed by atoms with van der Waals surface area (Å²) in [6.45, 7) is 4.07. The van der Waals surface area contributed by atoms with Crippen LogP contribution in [0, 0.1) is 6.92 Å². The molecule has 0 unspecified atom stereocenters. The summed E-state index contributed by atoms with van der Waals surface area (Å²) in [5.41, 5.74) is 2.24. The normalized spacial score (nSPS) is 15.7. The van der Waals surface area contributed by atoms with Gasteiger partial charge in [-0.3, -0.25) is 4.79 Å². The summed E-state index contributed by atoms with van der Waals surface area (Å²) in [6, 6.07) is 13.0. The number of hydrogen-bond donors (Lipinski definition) is 0. The quantitative estimate of drug-likeness (QED) is 0.678. The van der Waals surface area contributed by atoms with Crippen molar-refractivity contribution in [1.82, 2.24) is 4.90 Å². The zero-order valence-electron chi connectivity index (χ0n) is 16.5. The van der Waals surface area contributed by atoms with Crippen LogP contribution in [0.1, 0.15) is 18.4 Å². The number of methoxy groups -OCH3 is 1. The lowest BCUT2D eigenvalue weighted by Crippen LogP contribution is -2.35. The van der Waals surface area contributed by atoms with Crippen molar-refractivity contribution in [3.05, 3.63) is 58.3 Å². The van der Waals surface area contributed by atoms with Gasteiger partial charge in [0, 0.05) is 24.7 Å². The number of rotatable bonds is 4. The van der Waals surface area contributed by atoms with Crippen molar-refractivity contribution in [3.63, 3.8) is 0 Å². The van der Waals surface area contributed by atoms with Gasteiger partial charge in [-0.15, -0.1) is 0 Å². The van der Waals surface area contributed by atoms with Crippen LogP contribution in [0.2, 0.25) is 0 Å². The first-order valence-corrected chi connectivity index (χ1v) is 9.61. The smallest absolute Gasteiger partial charge is 0.197 e. The molecular weight excluding hydrogens is 354 g/mol. The second-order valence-corrected chi connectivity index (χ2v) is 7.46. The van der Waals surface area contributed by atoms with Gasteiger partial charge in [0.05, 0.1) is 7.11 Å². The minimum Gasteiger partial charge on any atom is -0.496 e. The van der Waals surface area contributed by atoms with Crippen LogP contribution in [-0.4, -0.2) is 38.3 Å². The van der Waals surface area contributed by atoms with Crippen LogP contribution in [-0.2, 0) is 0 Å². The number of benzene rings is 2. The van der Waals surface area contributed by atoms with Crippen molar-refractivity contribution in [2.24, 2.45) is 0 Å². The summed E-state index contributed by atoms with van der Waals surface area (Å²) in [5.74, 6) is 1.92. The summed E-state index contributed by atoms with van der Waals surface area (Å²) >= 11 is 0. The Labute approximate surface area is 164 Å². The molecule has 2 aromatic carbocycles. The van der Waals surface area contributed by atoms with E-state index in [9.17, 15) is 4.79 Å². The molecule has 1 aliphatic heterocycles. The predicted molar refractivity (Wildman–Crippen MR) is 110 cm³/mol. The molecule has 0 amide bonds. The fraction of sp³-hybridized carbons (Fsp3) is 0.348. The molecule has 146 valence electrons. The Kier molecular flexibility index (Phi) is 5.09. The van der Waals surface area contributed by atoms with E-state index in [-0.39, 0.29) is 11.5 Å². The summed E-state index contributed by atoms with van der Waals surface area (Å²) in [7, 11) is 3.70. The number of fused-ring (bicyclic) bond motifs is 1. The number of ether oxygens (including phenoxy) is 2. The van der Waals surface area contributed by atoms with E-state index < -0.39 is 0 Å². The molecule has 1 aromatic heterocycles. The highest BCUT2D eigenvalue weighted by Gasteiger charge is 2.18. The van der Waals surface area contributed by atoms with E-state index in [0.29, 0.717) is 22.5 Å². The third kappa shape index (κ3) is 3.76. The molecule has 0 N–H and O–H groups in total. The number of hydrogen-bond acceptors (Lipinski definition) is 5. The second-order valence-electron chi connectivity index (χ2n) is 7.46. The summed E-state index contributed by atoms with van der Waals surface area (Å²) < 4.78 is 17.5. The fourth-order valence-corrected chi connectivity index (χ4v) is 3.68. The van der Waals surface area contributed by atoms with Crippen LogP contribution in [0.4, 0.5) is 0 Å². The second kappa shape index (κ2) is 7.68. The molecule has 1 aliphatic rings. The van der Waals surface area contributed by atoms with Gasteiger partial charge in [-0.2, -0.15) is 0 Å². The number of aryl methyl sites for hydroxylation is 1. The Bertz CT molecular complexity index is 1030. The highest BCUT2D eigenvalue weighted by molar-refractivity contribution is 5.85. The number of likely N-dealkylation sites (tertiary alicyclic amines) is 1. The Morgan fingerprint density at radius 2 is 1.79 bits per heavy atom. The molecule has 3 aromatic rings. The number of piperidine rings is 1. The SMILES string of the molecule is COc1cc(C)cc2oc(-c3ccc(OC4CCN(C)CC4)cc3)cc(=O)c12. The maximum absolute atomic E-state index is 12.7. The molecular formula is C23H25NO4. The van der Waals surface area contributed by atoms with Gasteiger partial charge in [-0.1, -0.05) is 0 Å². The minimum absolute atomic E-state index is 0.111. The maximum Gasteiger partial charge on any atom is 0.197 e. The lowest BCUT2D eigenvalue weighted by Gasteiger charge is -2.29. The monoisotopic (exact) mass is 379 g/mol. The van der Waals surface area contributed by atoms with E-state index in [2.05, 4.69) is 11.9 Å². The van der Waals surface area contributed by atoms with E-state index in [0.717, 1.165) is 42.8 Å². The first kappa shape index (κ1) is 18.6. The van der Waals surface area contributed by atoms with E-state index in [4.69, 9.17) is 13.9 Å². The van der Waals surface area contributed by atoms with Crippen molar-refractivity contribution in [2.75, 3.05) is 27.2 Å². The van der Waals surface area contributed by atoms with Crippen LogP contribution >= 0.6 is 0 Å². The minimum atomic E-state index is -0.111. The molecule has 28 heavy (non-hydrogen) atoms. The lowest BCUT2D eigenvalue weighted by molar-refractivity contribution is 0.114. The van der Waals surface area contributed by atoms with E-state index in [1.165, 1.54) is 6.07 Å². The average molecular weight is 379 g/mol. The molecule has 5 nitrogen and oxygen atoms in total. The molecule has 5 heteroatoms. The Morgan fingerprint density at radius 3 is 2.46 bits per heavy atom. The molecule has 1 saturated heterocycles. The largest absolute Gasteiger partial charge is 0.496 e. The average Bonchev–Trinajstić information content (AvgIpc) is 2.69. The van der Waals surface area contributed by atoms with Gasteiger partial charge in [-0.05, 0) is 68.8 Å². The van der Waals surface area contributed by atoms with Crippen molar-refractivity contribution >= 4 is 11.0 Å². The van der Waals surface area contributed by atoms with E-state index in [1.807, 2.05) is 43.3 Å². The third-order valence-electron chi connectivity index (χ3n) is 5.27. The van der Waals surface area contributed by atoms with E-state index >= 15 is 0 Å². The molecule has 0 atom stereocenters. The topological polar surface area (TPSA) is 51.9 Å². The highest BCUT2D eigenvalue weighted by Crippen LogP contribution is 2.29. The molecule has 0 saturated carbocycles. The first-order chi connectivity index (χ1) is 13.5. The molecule has 0 spiro atoms. The van der Waals surface area contributed by atoms with Crippen LogP contribution in [0.15, 0.2) is 51.7 Å². The Hall–Kier alpha value is -2.79. The van der Waals surface area contributed by atoms with Gasteiger partial charge in [-0.25, -0.2) is 0 Å². The van der Waals surface area contributed by atoms with Crippen molar-refractivity contribution in [2.45, 2.75) is 25.9 Å². The van der Waals surface area contributed by atoms with Gasteiger partial charge < -0.3 is 18.8 Å². The van der Waals surface area contributed by atoms with Gasteiger partial charge in [0.15, 0.2) is 5.43 Å². The van der Waals surface area contributed by atoms with Crippen LogP contribution in [0.5, 0.6) is 11.5 Å².